The summed E-state index contributed by atoms with van der Waals surface area (Å²) in [6.45, 7) is 3.50. The number of hydrogen-bond acceptors (Lipinski definition) is 5. The summed E-state index contributed by atoms with van der Waals surface area (Å²) in [4.78, 5) is 15.3. The maximum Gasteiger partial charge on any atom is 0.264 e. The van der Waals surface area contributed by atoms with Crippen molar-refractivity contribution in [3.63, 3.8) is 0 Å². The van der Waals surface area contributed by atoms with Crippen LogP contribution in [0.3, 0.4) is 0 Å². The molecule has 0 aromatic carbocycles. The number of likely N-dealkylation sites (tertiary alicyclic amines) is 1. The number of piperidine rings is 1. The quantitative estimate of drug-likeness (QED) is 0.843. The van der Waals surface area contributed by atoms with Crippen LogP contribution in [0.4, 0.5) is 0 Å². The Bertz CT molecular complexity index is 620. The van der Waals surface area contributed by atoms with Gasteiger partial charge in [0.2, 0.25) is 0 Å². The van der Waals surface area contributed by atoms with Crippen molar-refractivity contribution < 1.29 is 4.79 Å². The van der Waals surface area contributed by atoms with E-state index in [1.165, 1.54) is 11.3 Å². The van der Waals surface area contributed by atoms with E-state index in [2.05, 4.69) is 15.5 Å². The van der Waals surface area contributed by atoms with E-state index in [1.54, 1.807) is 4.68 Å². The van der Waals surface area contributed by atoms with E-state index in [9.17, 15) is 4.79 Å². The number of aryl methyl sites for hydroxylation is 2. The topological polar surface area (TPSA) is 63.9 Å². The van der Waals surface area contributed by atoms with Crippen LogP contribution in [0.1, 0.15) is 39.8 Å². The van der Waals surface area contributed by atoms with Crippen LogP contribution in [0.2, 0.25) is 0 Å². The van der Waals surface area contributed by atoms with Crippen molar-refractivity contribution in [2.45, 2.75) is 25.7 Å². The number of carbonyl (C=O) groups is 1. The van der Waals surface area contributed by atoms with Gasteiger partial charge in [0.25, 0.3) is 5.91 Å². The molecule has 2 aromatic rings. The first kappa shape index (κ1) is 13.2. The van der Waals surface area contributed by atoms with Crippen LogP contribution in [0, 0.1) is 6.92 Å². The van der Waals surface area contributed by atoms with Crippen LogP contribution in [0.25, 0.3) is 0 Å². The average molecular weight is 291 g/mol. The van der Waals surface area contributed by atoms with Crippen LogP contribution in [0.15, 0.2) is 11.4 Å². The molecule has 0 saturated carbocycles. The zero-order chi connectivity index (χ0) is 14.1. The molecule has 3 heterocycles. The summed E-state index contributed by atoms with van der Waals surface area (Å²) in [5.74, 6) is 1.23. The first-order chi connectivity index (χ1) is 9.66. The van der Waals surface area contributed by atoms with E-state index >= 15 is 0 Å². The number of hydrogen-bond donors (Lipinski definition) is 0. The smallest absolute Gasteiger partial charge is 0.264 e. The van der Waals surface area contributed by atoms with Crippen molar-refractivity contribution in [1.82, 2.24) is 25.1 Å². The Morgan fingerprint density at radius 2 is 2.35 bits per heavy atom. The second kappa shape index (κ2) is 5.32. The molecule has 0 N–H and O–H groups in total. The van der Waals surface area contributed by atoms with Crippen molar-refractivity contribution in [3.8, 4) is 0 Å². The van der Waals surface area contributed by atoms with Gasteiger partial charge in [-0.25, -0.2) is 4.68 Å². The van der Waals surface area contributed by atoms with Gasteiger partial charge in [0, 0.05) is 26.1 Å². The highest BCUT2D eigenvalue weighted by Gasteiger charge is 2.29. The van der Waals surface area contributed by atoms with E-state index in [0.29, 0.717) is 6.54 Å². The highest BCUT2D eigenvalue weighted by molar-refractivity contribution is 7.12. The van der Waals surface area contributed by atoms with Gasteiger partial charge in [-0.15, -0.1) is 16.4 Å². The second-order valence-corrected chi connectivity index (χ2v) is 6.10. The molecule has 6 nitrogen and oxygen atoms in total. The summed E-state index contributed by atoms with van der Waals surface area (Å²) in [5.41, 5.74) is 1.06. The fourth-order valence-corrected chi connectivity index (χ4v) is 3.58. The molecular formula is C13H17N5OS. The lowest BCUT2D eigenvalue weighted by Gasteiger charge is -2.31. The number of thiophene rings is 1. The number of amides is 1. The molecule has 0 aliphatic carbocycles. The van der Waals surface area contributed by atoms with Gasteiger partial charge in [0.05, 0.1) is 4.88 Å². The lowest BCUT2D eigenvalue weighted by molar-refractivity contribution is 0.0707. The molecule has 1 atom stereocenters. The summed E-state index contributed by atoms with van der Waals surface area (Å²) < 4.78 is 1.70. The molecular weight excluding hydrogens is 274 g/mol. The molecule has 1 aliphatic heterocycles. The van der Waals surface area contributed by atoms with Crippen molar-refractivity contribution >= 4 is 17.2 Å². The highest BCUT2D eigenvalue weighted by atomic mass is 32.1. The monoisotopic (exact) mass is 291 g/mol. The molecule has 1 fully saturated rings. The van der Waals surface area contributed by atoms with Crippen LogP contribution in [-0.4, -0.2) is 44.1 Å². The molecule has 3 rings (SSSR count). The van der Waals surface area contributed by atoms with Crippen LogP contribution >= 0.6 is 11.3 Å². The molecule has 20 heavy (non-hydrogen) atoms. The van der Waals surface area contributed by atoms with Gasteiger partial charge < -0.3 is 4.90 Å². The molecule has 106 valence electrons. The normalized spacial score (nSPS) is 19.3. The van der Waals surface area contributed by atoms with E-state index in [4.69, 9.17) is 0 Å². The molecule has 1 saturated heterocycles. The van der Waals surface area contributed by atoms with Crippen LogP contribution in [-0.2, 0) is 7.05 Å². The van der Waals surface area contributed by atoms with Gasteiger partial charge in [-0.2, -0.15) is 0 Å². The Kier molecular flexibility index (Phi) is 3.52. The molecule has 0 bridgehead atoms. The first-order valence-corrected chi connectivity index (χ1v) is 7.60. The minimum Gasteiger partial charge on any atom is -0.337 e. The average Bonchev–Trinajstić information content (AvgIpc) is 3.07. The molecule has 0 spiro atoms. The van der Waals surface area contributed by atoms with E-state index in [0.717, 1.165) is 35.7 Å². The first-order valence-electron chi connectivity index (χ1n) is 6.72. The Hall–Kier alpha value is -1.76. The maximum absolute atomic E-state index is 12.6. The number of nitrogens with zero attached hydrogens (tertiary/aromatic N) is 5. The van der Waals surface area contributed by atoms with Gasteiger partial charge in [-0.05, 0) is 47.2 Å². The minimum absolute atomic E-state index is 0.136. The molecule has 7 heteroatoms. The molecule has 1 amide bonds. The third-order valence-corrected chi connectivity index (χ3v) is 4.79. The van der Waals surface area contributed by atoms with Crippen molar-refractivity contribution in [2.75, 3.05) is 13.1 Å². The van der Waals surface area contributed by atoms with Gasteiger partial charge in [0.15, 0.2) is 5.82 Å². The number of rotatable bonds is 2. The molecule has 1 aliphatic rings. The van der Waals surface area contributed by atoms with Crippen LogP contribution < -0.4 is 0 Å². The zero-order valence-electron chi connectivity index (χ0n) is 11.6. The van der Waals surface area contributed by atoms with Gasteiger partial charge >= 0.3 is 0 Å². The standard InChI is InChI=1S/C13H17N5OS/c1-9-5-7-20-11(9)13(19)18-6-3-4-10(8-18)12-14-15-16-17(12)2/h5,7,10H,3-4,6,8H2,1-2H3. The Morgan fingerprint density at radius 1 is 1.50 bits per heavy atom. The number of tetrazole rings is 1. The van der Waals surface area contributed by atoms with Gasteiger partial charge in [-0.1, -0.05) is 0 Å². The van der Waals surface area contributed by atoms with Crippen molar-refractivity contribution in [3.05, 3.63) is 27.7 Å². The predicted octanol–water partition coefficient (Wildman–Crippen LogP) is 1.60. The fraction of sp³-hybridized carbons (Fsp3) is 0.538. The summed E-state index contributed by atoms with van der Waals surface area (Å²) in [7, 11) is 1.85. The van der Waals surface area contributed by atoms with Crippen molar-refractivity contribution in [1.29, 1.82) is 0 Å². The van der Waals surface area contributed by atoms with E-state index < -0.39 is 0 Å². The maximum atomic E-state index is 12.6. The summed E-state index contributed by atoms with van der Waals surface area (Å²) >= 11 is 1.52. The van der Waals surface area contributed by atoms with Crippen molar-refractivity contribution in [2.24, 2.45) is 7.05 Å². The molecule has 2 aromatic heterocycles. The number of carbonyl (C=O) groups excluding carboxylic acids is 1. The second-order valence-electron chi connectivity index (χ2n) is 5.18. The molecule has 1 unspecified atom stereocenters. The third kappa shape index (κ3) is 2.33. The van der Waals surface area contributed by atoms with E-state index in [-0.39, 0.29) is 11.8 Å². The third-order valence-electron chi connectivity index (χ3n) is 3.78. The lowest BCUT2D eigenvalue weighted by atomic mass is 9.97. The molecule has 0 radical (unpaired) electrons. The Morgan fingerprint density at radius 3 is 3.00 bits per heavy atom. The van der Waals surface area contributed by atoms with Gasteiger partial charge in [0.1, 0.15) is 0 Å². The fourth-order valence-electron chi connectivity index (χ4n) is 2.69. The summed E-state index contributed by atoms with van der Waals surface area (Å²) in [6.07, 6.45) is 2.02. The Labute approximate surface area is 121 Å². The van der Waals surface area contributed by atoms with E-state index in [1.807, 2.05) is 30.3 Å². The number of aromatic nitrogens is 4. The summed E-state index contributed by atoms with van der Waals surface area (Å²) in [6, 6.07) is 1.99. The SMILES string of the molecule is Cc1ccsc1C(=O)N1CCCC(c2nnnn2C)C1. The zero-order valence-corrected chi connectivity index (χ0v) is 12.4. The minimum atomic E-state index is 0.136. The predicted molar refractivity (Wildman–Crippen MR) is 75.7 cm³/mol. The van der Waals surface area contributed by atoms with Gasteiger partial charge in [-0.3, -0.25) is 4.79 Å². The van der Waals surface area contributed by atoms with Crippen LogP contribution in [0.5, 0.6) is 0 Å². The lowest BCUT2D eigenvalue weighted by Crippen LogP contribution is -2.39. The Balaban J connectivity index is 1.77. The summed E-state index contributed by atoms with van der Waals surface area (Å²) in [5, 5.41) is 13.6. The largest absolute Gasteiger partial charge is 0.337 e. The highest BCUT2D eigenvalue weighted by Crippen LogP contribution is 2.27.